The second-order valence-electron chi connectivity index (χ2n) is 6.79. The van der Waals surface area contributed by atoms with Crippen LogP contribution in [0.5, 0.6) is 0 Å². The minimum Gasteiger partial charge on any atom is -0.379 e. The van der Waals surface area contributed by atoms with Crippen LogP contribution >= 0.6 is 22.5 Å². The highest BCUT2D eigenvalue weighted by Crippen LogP contribution is 2.21. The zero-order valence-electron chi connectivity index (χ0n) is 15.0. The van der Waals surface area contributed by atoms with E-state index < -0.39 is 0 Å². The number of unbranched alkanes of at least 4 members (excludes halogenated alkanes) is 5. The molecule has 136 valence electrons. The Morgan fingerprint density at radius 2 is 1.83 bits per heavy atom. The normalized spacial score (nSPS) is 15.9. The van der Waals surface area contributed by atoms with Gasteiger partial charge in [-0.3, -0.25) is 9.69 Å². The number of hydrogen-bond acceptors (Lipinski definition) is 5. The van der Waals surface area contributed by atoms with E-state index in [4.69, 9.17) is 4.74 Å². The molecule has 1 saturated heterocycles. The molecule has 0 N–H and O–H groups in total. The van der Waals surface area contributed by atoms with Crippen LogP contribution in [0.3, 0.4) is 0 Å². The van der Waals surface area contributed by atoms with Crippen molar-refractivity contribution in [3.05, 3.63) is 0 Å². The Bertz CT molecular complexity index is 324. The molecule has 0 aliphatic carbocycles. The van der Waals surface area contributed by atoms with Crippen molar-refractivity contribution in [2.24, 2.45) is 5.92 Å². The molecule has 1 rings (SSSR count). The lowest BCUT2D eigenvalue weighted by atomic mass is 9.99. The number of amides is 1. The number of carbonyl (C=O) groups excluding carboxylic acids is 1. The Kier molecular flexibility index (Phi) is 11.4. The van der Waals surface area contributed by atoms with E-state index in [9.17, 15) is 4.79 Å². The Morgan fingerprint density at radius 3 is 2.43 bits per heavy atom. The molecule has 1 aliphatic heterocycles. The Hall–Kier alpha value is 0.0900. The molecule has 0 radical (unpaired) electrons. The first kappa shape index (κ1) is 21.1. The summed E-state index contributed by atoms with van der Waals surface area (Å²) < 4.78 is 5.54. The van der Waals surface area contributed by atoms with Crippen LogP contribution in [0.1, 0.15) is 52.4 Å². The highest BCUT2D eigenvalue weighted by molar-refractivity contribution is 8.68. The summed E-state index contributed by atoms with van der Waals surface area (Å²) in [6, 6.07) is 0. The number of rotatable bonds is 13. The summed E-state index contributed by atoms with van der Waals surface area (Å²) in [6.45, 7) is 7.74. The third-order valence-electron chi connectivity index (χ3n) is 4.26. The molecule has 1 fully saturated rings. The van der Waals surface area contributed by atoms with E-state index in [1.165, 1.54) is 42.9 Å². The minimum absolute atomic E-state index is 0.210. The summed E-state index contributed by atoms with van der Waals surface area (Å²) in [7, 11) is 3.47. The van der Waals surface area contributed by atoms with Crippen LogP contribution in [-0.2, 0) is 9.53 Å². The van der Waals surface area contributed by atoms with E-state index in [2.05, 4.69) is 30.4 Å². The highest BCUT2D eigenvalue weighted by atomic mass is 33.1. The van der Waals surface area contributed by atoms with E-state index in [0.717, 1.165) is 38.5 Å². The molecular weight excluding hydrogens is 328 g/mol. The van der Waals surface area contributed by atoms with E-state index >= 15 is 0 Å². The fraction of sp³-hybridized carbons (Fsp3) is 0.941. The van der Waals surface area contributed by atoms with Crippen molar-refractivity contribution in [3.8, 4) is 0 Å². The highest BCUT2D eigenvalue weighted by Gasteiger charge is 2.33. The third-order valence-corrected chi connectivity index (χ3v) is 5.09. The monoisotopic (exact) mass is 362 g/mol. The molecule has 4 nitrogen and oxygen atoms in total. The van der Waals surface area contributed by atoms with Crippen LogP contribution in [0.25, 0.3) is 0 Å². The van der Waals surface area contributed by atoms with Gasteiger partial charge in [-0.2, -0.15) is 0 Å². The summed E-state index contributed by atoms with van der Waals surface area (Å²) in [6.07, 6.45) is 7.64. The summed E-state index contributed by atoms with van der Waals surface area (Å²) in [5.74, 6) is 1.44. The fourth-order valence-corrected chi connectivity index (χ4v) is 3.68. The lowest BCUT2D eigenvalue weighted by molar-refractivity contribution is -0.139. The molecule has 6 heteroatoms. The number of ether oxygens (including phenoxy) is 1. The largest absolute Gasteiger partial charge is 0.379 e. The van der Waals surface area contributed by atoms with Gasteiger partial charge in [0, 0.05) is 33.3 Å². The average molecular weight is 363 g/mol. The quantitative estimate of drug-likeness (QED) is 0.308. The molecule has 0 saturated carbocycles. The van der Waals surface area contributed by atoms with Crippen LogP contribution in [0, 0.1) is 5.92 Å². The second-order valence-corrected chi connectivity index (χ2v) is 8.08. The fourth-order valence-electron chi connectivity index (χ4n) is 2.81. The maximum absolute atomic E-state index is 12.2. The predicted molar refractivity (Wildman–Crippen MR) is 103 cm³/mol. The molecule has 0 aromatic carbocycles. The topological polar surface area (TPSA) is 32.8 Å². The van der Waals surface area contributed by atoms with Crippen LogP contribution in [0.4, 0.5) is 0 Å². The van der Waals surface area contributed by atoms with Crippen LogP contribution < -0.4 is 0 Å². The van der Waals surface area contributed by atoms with Crippen LogP contribution in [-0.4, -0.2) is 61.0 Å². The van der Waals surface area contributed by atoms with Crippen molar-refractivity contribution in [2.75, 3.05) is 39.2 Å². The average Bonchev–Trinajstić information content (AvgIpc) is 2.47. The number of carbonyl (C=O) groups is 1. The van der Waals surface area contributed by atoms with Crippen molar-refractivity contribution in [1.29, 1.82) is 0 Å². The standard InChI is InChI=1S/C17H34N2O2S2/c1-15(2)21-11-9-7-5-4-6-8-10-18(3)17(20)16-12-19(13-16)14-23-22/h15-16,22H,4-14H2,1-3H3. The zero-order valence-corrected chi connectivity index (χ0v) is 16.7. The smallest absolute Gasteiger partial charge is 0.228 e. The van der Waals surface area contributed by atoms with Crippen molar-refractivity contribution in [2.45, 2.75) is 58.5 Å². The van der Waals surface area contributed by atoms with Gasteiger partial charge in [0.05, 0.1) is 17.9 Å². The summed E-state index contributed by atoms with van der Waals surface area (Å²) in [5, 5.41) is 0. The second kappa shape index (κ2) is 12.5. The SMILES string of the molecule is CC(C)OCCCCCCCCN(C)C(=O)C1CN(CSS)C1. The van der Waals surface area contributed by atoms with Gasteiger partial charge in [-0.1, -0.05) is 36.5 Å². The molecule has 0 bridgehead atoms. The van der Waals surface area contributed by atoms with Gasteiger partial charge in [0.2, 0.25) is 5.91 Å². The Labute approximate surface area is 151 Å². The number of thiol groups is 1. The molecule has 1 aliphatic rings. The molecule has 1 amide bonds. The first-order chi connectivity index (χ1) is 11.0. The van der Waals surface area contributed by atoms with Gasteiger partial charge in [-0.25, -0.2) is 0 Å². The molecule has 0 aromatic rings. The van der Waals surface area contributed by atoms with Gasteiger partial charge in [-0.05, 0) is 26.7 Å². The lowest BCUT2D eigenvalue weighted by Gasteiger charge is -2.39. The van der Waals surface area contributed by atoms with Crippen LogP contribution in [0.15, 0.2) is 0 Å². The maximum atomic E-state index is 12.2. The maximum Gasteiger partial charge on any atom is 0.228 e. The van der Waals surface area contributed by atoms with Crippen molar-refractivity contribution < 1.29 is 9.53 Å². The van der Waals surface area contributed by atoms with Gasteiger partial charge < -0.3 is 9.64 Å². The van der Waals surface area contributed by atoms with Gasteiger partial charge in [0.15, 0.2) is 0 Å². The summed E-state index contributed by atoms with van der Waals surface area (Å²) in [5.41, 5.74) is 0. The van der Waals surface area contributed by atoms with Gasteiger partial charge in [-0.15, -0.1) is 11.7 Å². The number of likely N-dealkylation sites (tertiary alicyclic amines) is 1. The summed E-state index contributed by atoms with van der Waals surface area (Å²) in [4.78, 5) is 16.4. The van der Waals surface area contributed by atoms with E-state index in [0.29, 0.717) is 12.0 Å². The van der Waals surface area contributed by atoms with Gasteiger partial charge in [0.1, 0.15) is 0 Å². The van der Waals surface area contributed by atoms with E-state index in [-0.39, 0.29) is 5.92 Å². The molecule has 23 heavy (non-hydrogen) atoms. The molecule has 0 unspecified atom stereocenters. The van der Waals surface area contributed by atoms with Gasteiger partial charge >= 0.3 is 0 Å². The van der Waals surface area contributed by atoms with Gasteiger partial charge in [0.25, 0.3) is 0 Å². The predicted octanol–water partition coefficient (Wildman–Crippen LogP) is 3.68. The van der Waals surface area contributed by atoms with Crippen molar-refractivity contribution in [1.82, 2.24) is 9.80 Å². The number of hydrogen-bond donors (Lipinski definition) is 1. The lowest BCUT2D eigenvalue weighted by Crippen LogP contribution is -2.53. The Morgan fingerprint density at radius 1 is 1.22 bits per heavy atom. The molecular formula is C17H34N2O2S2. The molecule has 1 heterocycles. The minimum atomic E-state index is 0.210. The first-order valence-corrected chi connectivity index (χ1v) is 10.9. The molecule has 0 aromatic heterocycles. The number of nitrogens with zero attached hydrogens (tertiary/aromatic N) is 2. The Balaban J connectivity index is 1.92. The van der Waals surface area contributed by atoms with Crippen molar-refractivity contribution >= 4 is 28.4 Å². The van der Waals surface area contributed by atoms with E-state index in [1.54, 1.807) is 0 Å². The zero-order chi connectivity index (χ0) is 17.1. The van der Waals surface area contributed by atoms with Crippen molar-refractivity contribution in [3.63, 3.8) is 0 Å². The van der Waals surface area contributed by atoms with Crippen LogP contribution in [0.2, 0.25) is 0 Å². The molecule has 0 atom stereocenters. The molecule has 0 spiro atoms. The first-order valence-electron chi connectivity index (χ1n) is 8.90. The third kappa shape index (κ3) is 9.22. The summed E-state index contributed by atoms with van der Waals surface area (Å²) >= 11 is 4.14. The van der Waals surface area contributed by atoms with E-state index in [1.807, 2.05) is 11.9 Å².